The molecule has 13 heavy (non-hydrogen) atoms. The molecule has 0 heterocycles. The molecule has 0 N–H and O–H groups in total. The van der Waals surface area contributed by atoms with E-state index in [0.29, 0.717) is 17.9 Å². The molecule has 0 aromatic rings. The van der Waals surface area contributed by atoms with E-state index < -0.39 is 0 Å². The van der Waals surface area contributed by atoms with Crippen LogP contribution < -0.4 is 0 Å². The Kier molecular flexibility index (Phi) is 7.29. The first-order valence-corrected chi connectivity index (χ1v) is 5.19. The lowest BCUT2D eigenvalue weighted by molar-refractivity contribution is -0.00983. The number of methoxy groups -OCH3 is 2. The van der Waals surface area contributed by atoms with Crippen molar-refractivity contribution >= 4 is 0 Å². The average molecular weight is 188 g/mol. The Labute approximate surface area is 82.6 Å². The Bertz CT molecular complexity index is 113. The molecule has 0 aromatic heterocycles. The summed E-state index contributed by atoms with van der Waals surface area (Å²) in [5.41, 5.74) is 0. The highest BCUT2D eigenvalue weighted by molar-refractivity contribution is 4.72. The Hall–Kier alpha value is -0.0800. The van der Waals surface area contributed by atoms with E-state index in [1.54, 1.807) is 14.2 Å². The van der Waals surface area contributed by atoms with Gasteiger partial charge in [-0.15, -0.1) is 0 Å². The van der Waals surface area contributed by atoms with E-state index in [1.807, 2.05) is 0 Å². The molecule has 0 aliphatic rings. The monoisotopic (exact) mass is 188 g/mol. The van der Waals surface area contributed by atoms with Gasteiger partial charge in [-0.1, -0.05) is 27.2 Å². The first kappa shape index (κ1) is 12.9. The van der Waals surface area contributed by atoms with Crippen molar-refractivity contribution in [2.45, 2.75) is 39.7 Å². The van der Waals surface area contributed by atoms with E-state index in [-0.39, 0.29) is 0 Å². The fraction of sp³-hybridized carbons (Fsp3) is 1.00. The lowest BCUT2D eigenvalue weighted by Gasteiger charge is -2.28. The smallest absolute Gasteiger partial charge is 0.0623 e. The highest BCUT2D eigenvalue weighted by Crippen LogP contribution is 2.21. The predicted octanol–water partition coefficient (Wildman–Crippen LogP) is 2.72. The highest BCUT2D eigenvalue weighted by Gasteiger charge is 2.23. The zero-order chi connectivity index (χ0) is 10.3. The molecule has 0 aromatic carbocycles. The number of rotatable bonds is 7. The molecule has 2 nitrogen and oxygen atoms in total. The fourth-order valence-corrected chi connectivity index (χ4v) is 1.71. The average Bonchev–Trinajstić information content (AvgIpc) is 2.10. The second-order valence-electron chi connectivity index (χ2n) is 3.93. The van der Waals surface area contributed by atoms with E-state index >= 15 is 0 Å². The molecule has 0 saturated carbocycles. The third-order valence-electron chi connectivity index (χ3n) is 2.57. The van der Waals surface area contributed by atoms with Gasteiger partial charge in [0.25, 0.3) is 0 Å². The molecule has 0 rings (SSSR count). The molecule has 0 aliphatic carbocycles. The largest absolute Gasteiger partial charge is 0.384 e. The molecule has 2 unspecified atom stereocenters. The molecule has 0 amide bonds. The van der Waals surface area contributed by atoms with Crippen molar-refractivity contribution in [3.8, 4) is 0 Å². The zero-order valence-electron chi connectivity index (χ0n) is 9.67. The summed E-state index contributed by atoms with van der Waals surface area (Å²) in [7, 11) is 3.55. The Morgan fingerprint density at radius 2 is 1.77 bits per heavy atom. The van der Waals surface area contributed by atoms with Crippen molar-refractivity contribution in [3.05, 3.63) is 0 Å². The first-order valence-electron chi connectivity index (χ1n) is 5.19. The van der Waals surface area contributed by atoms with Crippen LogP contribution in [0.1, 0.15) is 33.6 Å². The summed E-state index contributed by atoms with van der Waals surface area (Å²) in [6.07, 6.45) is 2.65. The van der Waals surface area contributed by atoms with Gasteiger partial charge in [0.1, 0.15) is 0 Å². The van der Waals surface area contributed by atoms with E-state index in [2.05, 4.69) is 20.8 Å². The van der Waals surface area contributed by atoms with Gasteiger partial charge >= 0.3 is 0 Å². The molecule has 0 fully saturated rings. The fourth-order valence-electron chi connectivity index (χ4n) is 1.71. The van der Waals surface area contributed by atoms with Crippen LogP contribution in [0, 0.1) is 11.8 Å². The van der Waals surface area contributed by atoms with Crippen molar-refractivity contribution < 1.29 is 9.47 Å². The minimum atomic E-state index is 0.352. The van der Waals surface area contributed by atoms with Crippen LogP contribution in [0.3, 0.4) is 0 Å². The van der Waals surface area contributed by atoms with Crippen molar-refractivity contribution in [2.75, 3.05) is 20.8 Å². The number of hydrogen-bond acceptors (Lipinski definition) is 2. The van der Waals surface area contributed by atoms with Crippen LogP contribution in [0.5, 0.6) is 0 Å². The maximum absolute atomic E-state index is 5.49. The minimum Gasteiger partial charge on any atom is -0.384 e. The second-order valence-corrected chi connectivity index (χ2v) is 3.93. The number of ether oxygens (including phenoxy) is 2. The molecule has 80 valence electrons. The van der Waals surface area contributed by atoms with E-state index in [9.17, 15) is 0 Å². The van der Waals surface area contributed by atoms with Crippen LogP contribution in [0.4, 0.5) is 0 Å². The summed E-state index contributed by atoms with van der Waals surface area (Å²) in [4.78, 5) is 0. The van der Waals surface area contributed by atoms with Crippen LogP contribution >= 0.6 is 0 Å². The third-order valence-corrected chi connectivity index (χ3v) is 2.57. The summed E-state index contributed by atoms with van der Waals surface area (Å²) in [6, 6.07) is 0. The molecule has 0 aliphatic heterocycles. The maximum atomic E-state index is 5.49. The molecule has 0 spiro atoms. The molecular formula is C11H24O2. The maximum Gasteiger partial charge on any atom is 0.0623 e. The first-order chi connectivity index (χ1) is 6.17. The third kappa shape index (κ3) is 4.63. The molecule has 0 saturated heterocycles. The summed E-state index contributed by atoms with van der Waals surface area (Å²) >= 11 is 0. The molecule has 0 bridgehead atoms. The topological polar surface area (TPSA) is 18.5 Å². The van der Waals surface area contributed by atoms with Crippen LogP contribution in [-0.2, 0) is 9.47 Å². The van der Waals surface area contributed by atoms with Gasteiger partial charge in [0.05, 0.1) is 12.7 Å². The Morgan fingerprint density at radius 1 is 1.15 bits per heavy atom. The van der Waals surface area contributed by atoms with Gasteiger partial charge in [-0.2, -0.15) is 0 Å². The van der Waals surface area contributed by atoms with E-state index in [0.717, 1.165) is 13.0 Å². The quantitative estimate of drug-likeness (QED) is 0.611. The molecule has 2 atom stereocenters. The van der Waals surface area contributed by atoms with Gasteiger partial charge in [-0.25, -0.2) is 0 Å². The highest BCUT2D eigenvalue weighted by atomic mass is 16.5. The second kappa shape index (κ2) is 7.34. The van der Waals surface area contributed by atoms with Crippen molar-refractivity contribution in [1.82, 2.24) is 0 Å². The summed E-state index contributed by atoms with van der Waals surface area (Å²) in [6.45, 7) is 7.45. The zero-order valence-corrected chi connectivity index (χ0v) is 9.67. The summed E-state index contributed by atoms with van der Waals surface area (Å²) in [5, 5.41) is 0. The van der Waals surface area contributed by atoms with Gasteiger partial charge in [-0.05, 0) is 12.3 Å². The van der Waals surface area contributed by atoms with Crippen molar-refractivity contribution in [3.63, 3.8) is 0 Å². The lowest BCUT2D eigenvalue weighted by Crippen LogP contribution is -2.30. The minimum absolute atomic E-state index is 0.352. The Morgan fingerprint density at radius 3 is 2.08 bits per heavy atom. The SMILES string of the molecule is CCCC(OC)C(COC)C(C)C. The van der Waals surface area contributed by atoms with Crippen molar-refractivity contribution in [2.24, 2.45) is 11.8 Å². The van der Waals surface area contributed by atoms with Crippen LogP contribution in [0.25, 0.3) is 0 Å². The lowest BCUT2D eigenvalue weighted by atomic mass is 9.88. The van der Waals surface area contributed by atoms with Crippen molar-refractivity contribution in [1.29, 1.82) is 0 Å². The van der Waals surface area contributed by atoms with E-state index in [1.165, 1.54) is 6.42 Å². The van der Waals surface area contributed by atoms with Crippen LogP contribution in [0.2, 0.25) is 0 Å². The van der Waals surface area contributed by atoms with Gasteiger partial charge < -0.3 is 9.47 Å². The van der Waals surface area contributed by atoms with Gasteiger partial charge in [-0.3, -0.25) is 0 Å². The van der Waals surface area contributed by atoms with Gasteiger partial charge in [0, 0.05) is 20.1 Å². The summed E-state index contributed by atoms with van der Waals surface area (Å²) in [5.74, 6) is 1.14. The Balaban J connectivity index is 4.11. The summed E-state index contributed by atoms with van der Waals surface area (Å²) < 4.78 is 10.7. The van der Waals surface area contributed by atoms with Gasteiger partial charge in [0.15, 0.2) is 0 Å². The van der Waals surface area contributed by atoms with Crippen LogP contribution in [0.15, 0.2) is 0 Å². The van der Waals surface area contributed by atoms with Gasteiger partial charge in [0.2, 0.25) is 0 Å². The normalized spacial score (nSPS) is 16.2. The molecule has 2 heteroatoms. The standard InChI is InChI=1S/C11H24O2/c1-6-7-11(13-5)10(8-12-4)9(2)3/h9-11H,6-8H2,1-5H3. The molecule has 0 radical (unpaired) electrons. The number of hydrogen-bond donors (Lipinski definition) is 0. The van der Waals surface area contributed by atoms with E-state index in [4.69, 9.17) is 9.47 Å². The molecular weight excluding hydrogens is 164 g/mol. The van der Waals surface area contributed by atoms with Crippen LogP contribution in [-0.4, -0.2) is 26.9 Å². The predicted molar refractivity (Wildman–Crippen MR) is 55.9 cm³/mol.